The summed E-state index contributed by atoms with van der Waals surface area (Å²) in [6.45, 7) is -1.12. The maximum absolute atomic E-state index is 12.2. The summed E-state index contributed by atoms with van der Waals surface area (Å²) < 4.78 is 28.5. The van der Waals surface area contributed by atoms with Crippen LogP contribution in [-0.4, -0.2) is 17.5 Å². The van der Waals surface area contributed by atoms with E-state index in [2.05, 4.69) is 15.0 Å². The van der Waals surface area contributed by atoms with Gasteiger partial charge in [0.05, 0.1) is 6.04 Å². The fraction of sp³-hybridized carbons (Fsp3) is 0.200. The molecule has 1 heterocycles. The van der Waals surface area contributed by atoms with Crippen LogP contribution in [0.4, 0.5) is 8.78 Å². The van der Waals surface area contributed by atoms with Gasteiger partial charge in [-0.2, -0.15) is 8.78 Å². The Labute approximate surface area is 141 Å². The highest BCUT2D eigenvalue weighted by Crippen LogP contribution is 2.20. The zero-order valence-electron chi connectivity index (χ0n) is 11.9. The zero-order chi connectivity index (χ0) is 17.0. The highest BCUT2D eigenvalue weighted by atomic mass is 35.5. The molecule has 0 radical (unpaired) electrons. The molecule has 122 valence electrons. The van der Waals surface area contributed by atoms with Crippen molar-refractivity contribution in [1.29, 1.82) is 0 Å². The number of carbonyl (C=O) groups is 1. The van der Waals surface area contributed by atoms with Crippen molar-refractivity contribution in [3.8, 4) is 5.75 Å². The SMILES string of the molecule is CC(NC(=O)c1cc(Cl)nc(Cl)c1)c1ccc(OC(F)F)cc1. The zero-order valence-corrected chi connectivity index (χ0v) is 13.4. The number of nitrogens with one attached hydrogen (secondary N) is 1. The summed E-state index contributed by atoms with van der Waals surface area (Å²) in [5.41, 5.74) is 1.01. The summed E-state index contributed by atoms with van der Waals surface area (Å²) in [6, 6.07) is 8.44. The summed E-state index contributed by atoms with van der Waals surface area (Å²) in [7, 11) is 0. The molecule has 1 aromatic heterocycles. The van der Waals surface area contributed by atoms with Gasteiger partial charge in [-0.1, -0.05) is 35.3 Å². The molecule has 0 aliphatic heterocycles. The Morgan fingerprint density at radius 2 is 1.74 bits per heavy atom. The minimum atomic E-state index is -2.88. The van der Waals surface area contributed by atoms with Crippen LogP contribution in [0.25, 0.3) is 0 Å². The van der Waals surface area contributed by atoms with Gasteiger partial charge in [0.2, 0.25) is 0 Å². The van der Waals surface area contributed by atoms with E-state index in [-0.39, 0.29) is 33.6 Å². The Morgan fingerprint density at radius 3 is 2.26 bits per heavy atom. The van der Waals surface area contributed by atoms with Gasteiger partial charge >= 0.3 is 6.61 Å². The van der Waals surface area contributed by atoms with Crippen molar-refractivity contribution in [2.75, 3.05) is 0 Å². The maximum Gasteiger partial charge on any atom is 0.387 e. The van der Waals surface area contributed by atoms with Crippen molar-refractivity contribution in [2.45, 2.75) is 19.6 Å². The minimum Gasteiger partial charge on any atom is -0.435 e. The fourth-order valence-corrected chi connectivity index (χ4v) is 2.36. The molecule has 1 atom stereocenters. The number of amides is 1. The lowest BCUT2D eigenvalue weighted by Crippen LogP contribution is -2.26. The summed E-state index contributed by atoms with van der Waals surface area (Å²) in [4.78, 5) is 15.9. The second kappa shape index (κ2) is 7.57. The average molecular weight is 361 g/mol. The van der Waals surface area contributed by atoms with Crippen LogP contribution in [0.1, 0.15) is 28.9 Å². The first kappa shape index (κ1) is 17.4. The molecular weight excluding hydrogens is 349 g/mol. The number of halogens is 4. The Hall–Kier alpha value is -1.92. The van der Waals surface area contributed by atoms with E-state index < -0.39 is 6.61 Å². The molecule has 0 saturated heterocycles. The molecule has 0 spiro atoms. The van der Waals surface area contributed by atoms with Crippen LogP contribution >= 0.6 is 23.2 Å². The lowest BCUT2D eigenvalue weighted by molar-refractivity contribution is -0.0498. The molecular formula is C15H12Cl2F2N2O2. The number of aromatic nitrogens is 1. The topological polar surface area (TPSA) is 51.2 Å². The lowest BCUT2D eigenvalue weighted by Gasteiger charge is -2.15. The van der Waals surface area contributed by atoms with Crippen LogP contribution in [0, 0.1) is 0 Å². The molecule has 0 bridgehead atoms. The van der Waals surface area contributed by atoms with Crippen molar-refractivity contribution in [3.05, 3.63) is 57.8 Å². The van der Waals surface area contributed by atoms with E-state index in [0.29, 0.717) is 0 Å². The quantitative estimate of drug-likeness (QED) is 0.799. The summed E-state index contributed by atoms with van der Waals surface area (Å²) in [5.74, 6) is -0.327. The van der Waals surface area contributed by atoms with E-state index in [0.717, 1.165) is 5.56 Å². The smallest absolute Gasteiger partial charge is 0.387 e. The molecule has 1 amide bonds. The van der Waals surface area contributed by atoms with E-state index in [1.807, 2.05) is 0 Å². The summed E-state index contributed by atoms with van der Waals surface area (Å²) >= 11 is 11.5. The highest BCUT2D eigenvalue weighted by Gasteiger charge is 2.13. The monoisotopic (exact) mass is 360 g/mol. The van der Waals surface area contributed by atoms with Crippen LogP contribution in [0.3, 0.4) is 0 Å². The number of carbonyl (C=O) groups excluding carboxylic acids is 1. The first-order chi connectivity index (χ1) is 10.8. The minimum absolute atomic E-state index is 0.0509. The molecule has 0 saturated carbocycles. The fourth-order valence-electron chi connectivity index (χ4n) is 1.90. The Bertz CT molecular complexity index is 676. The van der Waals surface area contributed by atoms with Crippen molar-refractivity contribution < 1.29 is 18.3 Å². The number of nitrogens with zero attached hydrogens (tertiary/aromatic N) is 1. The second-order valence-electron chi connectivity index (χ2n) is 4.64. The molecule has 1 N–H and O–H groups in total. The molecule has 1 unspecified atom stereocenters. The molecule has 0 fully saturated rings. The molecule has 2 rings (SSSR count). The first-order valence-electron chi connectivity index (χ1n) is 6.54. The third-order valence-electron chi connectivity index (χ3n) is 2.98. The van der Waals surface area contributed by atoms with E-state index in [1.54, 1.807) is 19.1 Å². The maximum atomic E-state index is 12.2. The van der Waals surface area contributed by atoms with Gasteiger partial charge in [-0.05, 0) is 36.8 Å². The molecule has 23 heavy (non-hydrogen) atoms. The van der Waals surface area contributed by atoms with E-state index in [4.69, 9.17) is 23.2 Å². The summed E-state index contributed by atoms with van der Waals surface area (Å²) in [6.07, 6.45) is 0. The lowest BCUT2D eigenvalue weighted by atomic mass is 10.1. The normalized spacial score (nSPS) is 12.1. The van der Waals surface area contributed by atoms with Crippen LogP contribution in [0.15, 0.2) is 36.4 Å². The molecule has 1 aromatic carbocycles. The van der Waals surface area contributed by atoms with Gasteiger partial charge in [-0.25, -0.2) is 4.98 Å². The van der Waals surface area contributed by atoms with Crippen LogP contribution in [-0.2, 0) is 0 Å². The first-order valence-corrected chi connectivity index (χ1v) is 7.29. The van der Waals surface area contributed by atoms with Crippen molar-refractivity contribution >= 4 is 29.1 Å². The second-order valence-corrected chi connectivity index (χ2v) is 5.42. The van der Waals surface area contributed by atoms with Crippen molar-refractivity contribution in [3.63, 3.8) is 0 Å². The van der Waals surface area contributed by atoms with Gasteiger partial charge in [0, 0.05) is 5.56 Å². The predicted octanol–water partition coefficient (Wildman–Crippen LogP) is 4.48. The highest BCUT2D eigenvalue weighted by molar-refractivity contribution is 6.33. The molecule has 8 heteroatoms. The number of hydrogen-bond donors (Lipinski definition) is 1. The van der Waals surface area contributed by atoms with Crippen LogP contribution in [0.2, 0.25) is 10.3 Å². The third-order valence-corrected chi connectivity index (χ3v) is 3.37. The van der Waals surface area contributed by atoms with E-state index >= 15 is 0 Å². The van der Waals surface area contributed by atoms with Crippen molar-refractivity contribution in [1.82, 2.24) is 10.3 Å². The Kier molecular flexibility index (Phi) is 5.74. The van der Waals surface area contributed by atoms with Crippen LogP contribution < -0.4 is 10.1 Å². The van der Waals surface area contributed by atoms with Gasteiger partial charge in [-0.3, -0.25) is 4.79 Å². The van der Waals surface area contributed by atoms with Gasteiger partial charge in [0.25, 0.3) is 5.91 Å². The molecule has 4 nitrogen and oxygen atoms in total. The van der Waals surface area contributed by atoms with Gasteiger partial charge in [0.15, 0.2) is 0 Å². The largest absolute Gasteiger partial charge is 0.435 e. The Balaban J connectivity index is 2.05. The van der Waals surface area contributed by atoms with Gasteiger partial charge < -0.3 is 10.1 Å². The van der Waals surface area contributed by atoms with Crippen LogP contribution in [0.5, 0.6) is 5.75 Å². The molecule has 0 aliphatic carbocycles. The molecule has 2 aromatic rings. The molecule has 0 aliphatic rings. The number of alkyl halides is 2. The third kappa shape index (κ3) is 5.04. The number of ether oxygens (including phenoxy) is 1. The number of benzene rings is 1. The standard InChI is InChI=1S/C15H12Cl2F2N2O2/c1-8(9-2-4-11(5-3-9)23-15(18)19)20-14(22)10-6-12(16)21-13(17)7-10/h2-8,15H,1H3,(H,20,22). The Morgan fingerprint density at radius 1 is 1.17 bits per heavy atom. The summed E-state index contributed by atoms with van der Waals surface area (Å²) in [5, 5.41) is 2.98. The number of hydrogen-bond acceptors (Lipinski definition) is 3. The van der Waals surface area contributed by atoms with Gasteiger partial charge in [0.1, 0.15) is 16.1 Å². The van der Waals surface area contributed by atoms with E-state index in [9.17, 15) is 13.6 Å². The average Bonchev–Trinajstić information content (AvgIpc) is 2.46. The number of rotatable bonds is 5. The van der Waals surface area contributed by atoms with Gasteiger partial charge in [-0.15, -0.1) is 0 Å². The van der Waals surface area contributed by atoms with E-state index in [1.165, 1.54) is 24.3 Å². The predicted molar refractivity (Wildman–Crippen MR) is 83.2 cm³/mol. The van der Waals surface area contributed by atoms with Crippen molar-refractivity contribution in [2.24, 2.45) is 0 Å². The number of pyridine rings is 1.